The molecule has 0 fully saturated rings. The molecule has 1 N–H and O–H groups in total. The molecular formula is C12H11F3N2O2. The zero-order valence-corrected chi connectivity index (χ0v) is 10.2. The largest absolute Gasteiger partial charge is 0.480 e. The van der Waals surface area contributed by atoms with Gasteiger partial charge in [0.15, 0.2) is 0 Å². The van der Waals surface area contributed by atoms with Gasteiger partial charge in [0.1, 0.15) is 17.1 Å². The van der Waals surface area contributed by atoms with E-state index in [0.29, 0.717) is 10.1 Å². The van der Waals surface area contributed by atoms with Crippen molar-refractivity contribution < 1.29 is 23.1 Å². The zero-order valence-electron chi connectivity index (χ0n) is 10.2. The van der Waals surface area contributed by atoms with Crippen LogP contribution in [0.15, 0.2) is 24.4 Å². The third-order valence-electron chi connectivity index (χ3n) is 2.96. The van der Waals surface area contributed by atoms with Crippen molar-refractivity contribution in [2.45, 2.75) is 25.6 Å². The molecule has 0 atom stereocenters. The van der Waals surface area contributed by atoms with Crippen LogP contribution in [-0.2, 0) is 16.5 Å². The maximum atomic E-state index is 13.0. The van der Waals surface area contributed by atoms with E-state index in [1.807, 2.05) is 0 Å². The van der Waals surface area contributed by atoms with E-state index in [1.165, 1.54) is 32.2 Å². The number of alkyl halides is 3. The van der Waals surface area contributed by atoms with E-state index in [-0.39, 0.29) is 5.82 Å². The first-order chi connectivity index (χ1) is 8.65. The van der Waals surface area contributed by atoms with Gasteiger partial charge in [-0.3, -0.25) is 0 Å². The van der Waals surface area contributed by atoms with Gasteiger partial charge in [0, 0.05) is 11.8 Å². The Morgan fingerprint density at radius 1 is 1.26 bits per heavy atom. The highest BCUT2D eigenvalue weighted by Gasteiger charge is 2.42. The van der Waals surface area contributed by atoms with Crippen LogP contribution in [-0.4, -0.2) is 20.6 Å². The minimum atomic E-state index is -4.65. The van der Waals surface area contributed by atoms with Crippen molar-refractivity contribution in [3.8, 4) is 11.4 Å². The van der Waals surface area contributed by atoms with Crippen molar-refractivity contribution in [3.63, 3.8) is 0 Å². The van der Waals surface area contributed by atoms with Gasteiger partial charge in [-0.25, -0.2) is 9.78 Å². The summed E-state index contributed by atoms with van der Waals surface area (Å²) in [4.78, 5) is 15.1. The van der Waals surface area contributed by atoms with Crippen LogP contribution in [0, 0.1) is 0 Å². The standard InChI is InChI=1S/C12H11F3N2O2/c1-11(2,10(18)19)17-8(12(13,14)15)4-3-7-5-6-16-9(7)17/h3-6H,1-2H3,(H,18,19). The normalized spacial score (nSPS) is 12.9. The first-order valence-corrected chi connectivity index (χ1v) is 5.43. The van der Waals surface area contributed by atoms with Gasteiger partial charge in [-0.15, -0.1) is 0 Å². The molecule has 2 aliphatic heterocycles. The second kappa shape index (κ2) is 3.97. The number of carbonyl (C=O) groups is 1. The molecule has 0 saturated carbocycles. The SMILES string of the molecule is CC(C)(C(=O)O)n1c(C(F)(F)F)ccc2ccnc1-2. The lowest BCUT2D eigenvalue weighted by molar-refractivity contribution is -0.153. The van der Waals surface area contributed by atoms with Gasteiger partial charge in [0.25, 0.3) is 0 Å². The van der Waals surface area contributed by atoms with Crippen LogP contribution in [0.25, 0.3) is 11.4 Å². The molecular weight excluding hydrogens is 261 g/mol. The Balaban J connectivity index is 2.83. The number of fused-ring (bicyclic) bond motifs is 1. The van der Waals surface area contributed by atoms with Gasteiger partial charge >= 0.3 is 12.1 Å². The number of hydrogen-bond acceptors (Lipinski definition) is 2. The Morgan fingerprint density at radius 2 is 1.89 bits per heavy atom. The molecule has 0 aromatic heterocycles. The Kier molecular flexibility index (Phi) is 2.80. The molecule has 0 amide bonds. The van der Waals surface area contributed by atoms with Crippen molar-refractivity contribution in [1.29, 1.82) is 0 Å². The van der Waals surface area contributed by atoms with Crippen molar-refractivity contribution in [1.82, 2.24) is 9.55 Å². The molecule has 19 heavy (non-hydrogen) atoms. The second-order valence-electron chi connectivity index (χ2n) is 4.64. The summed E-state index contributed by atoms with van der Waals surface area (Å²) in [5, 5.41) is 9.17. The highest BCUT2D eigenvalue weighted by atomic mass is 19.4. The van der Waals surface area contributed by atoms with E-state index in [1.54, 1.807) is 0 Å². The van der Waals surface area contributed by atoms with Gasteiger partial charge in [-0.05, 0) is 32.0 Å². The van der Waals surface area contributed by atoms with Crippen LogP contribution in [0.5, 0.6) is 0 Å². The van der Waals surface area contributed by atoms with Crippen LogP contribution in [0.4, 0.5) is 13.2 Å². The summed E-state index contributed by atoms with van der Waals surface area (Å²) in [6.07, 6.45) is -3.31. The number of halogens is 3. The summed E-state index contributed by atoms with van der Waals surface area (Å²) >= 11 is 0. The Labute approximate surface area is 106 Å². The minimum Gasteiger partial charge on any atom is -0.480 e. The number of pyridine rings is 1. The summed E-state index contributed by atoms with van der Waals surface area (Å²) in [5.41, 5.74) is -2.33. The van der Waals surface area contributed by atoms with Gasteiger partial charge in [0.2, 0.25) is 0 Å². The van der Waals surface area contributed by atoms with Gasteiger partial charge in [-0.1, -0.05) is 0 Å². The summed E-state index contributed by atoms with van der Waals surface area (Å²) in [7, 11) is 0. The molecule has 0 aliphatic carbocycles. The summed E-state index contributed by atoms with van der Waals surface area (Å²) in [6, 6.07) is 3.68. The quantitative estimate of drug-likeness (QED) is 0.914. The molecule has 0 bridgehead atoms. The molecule has 7 heteroatoms. The maximum absolute atomic E-state index is 13.0. The molecule has 0 aromatic rings. The first kappa shape index (κ1) is 13.4. The van der Waals surface area contributed by atoms with Gasteiger partial charge in [-0.2, -0.15) is 13.2 Å². The molecule has 0 aromatic carbocycles. The number of rotatable bonds is 2. The van der Waals surface area contributed by atoms with Crippen molar-refractivity contribution in [2.75, 3.05) is 0 Å². The summed E-state index contributed by atoms with van der Waals surface area (Å²) < 4.78 is 39.8. The molecule has 2 heterocycles. The smallest absolute Gasteiger partial charge is 0.431 e. The summed E-state index contributed by atoms with van der Waals surface area (Å²) in [5.74, 6) is -1.36. The van der Waals surface area contributed by atoms with E-state index in [9.17, 15) is 18.0 Å². The Hall–Kier alpha value is -2.05. The predicted octanol–water partition coefficient (Wildman–Crippen LogP) is 2.83. The van der Waals surface area contributed by atoms with Crippen LogP contribution < -0.4 is 0 Å². The fourth-order valence-corrected chi connectivity index (χ4v) is 1.89. The molecule has 2 aliphatic rings. The summed E-state index contributed by atoms with van der Waals surface area (Å²) in [6.45, 7) is 2.41. The molecule has 0 spiro atoms. The third-order valence-corrected chi connectivity index (χ3v) is 2.96. The van der Waals surface area contributed by atoms with E-state index in [2.05, 4.69) is 4.98 Å². The molecule has 4 nitrogen and oxygen atoms in total. The Morgan fingerprint density at radius 3 is 2.42 bits per heavy atom. The molecule has 0 saturated heterocycles. The van der Waals surface area contributed by atoms with E-state index in [0.717, 1.165) is 6.07 Å². The van der Waals surface area contributed by atoms with Crippen LogP contribution in [0.1, 0.15) is 19.5 Å². The van der Waals surface area contributed by atoms with Crippen molar-refractivity contribution in [3.05, 3.63) is 30.1 Å². The van der Waals surface area contributed by atoms with Gasteiger partial charge < -0.3 is 9.67 Å². The average molecular weight is 272 g/mol. The third kappa shape index (κ3) is 2.05. The molecule has 0 radical (unpaired) electrons. The minimum absolute atomic E-state index is 0.00206. The second-order valence-corrected chi connectivity index (χ2v) is 4.64. The Bertz CT molecular complexity index is 602. The molecule has 2 rings (SSSR count). The number of carboxylic acid groups (broad SMARTS) is 1. The van der Waals surface area contributed by atoms with Crippen LogP contribution >= 0.6 is 0 Å². The lowest BCUT2D eigenvalue weighted by atomic mass is 10.0. The molecule has 0 unspecified atom stereocenters. The van der Waals surface area contributed by atoms with E-state index in [4.69, 9.17) is 5.11 Å². The number of hydrogen-bond donors (Lipinski definition) is 1. The fourth-order valence-electron chi connectivity index (χ4n) is 1.89. The number of aromatic nitrogens is 2. The lowest BCUT2D eigenvalue weighted by Gasteiger charge is -2.30. The van der Waals surface area contributed by atoms with E-state index < -0.39 is 23.4 Å². The van der Waals surface area contributed by atoms with Crippen LogP contribution in [0.3, 0.4) is 0 Å². The zero-order chi connectivity index (χ0) is 14.4. The van der Waals surface area contributed by atoms with Crippen LogP contribution in [0.2, 0.25) is 0 Å². The predicted molar refractivity (Wildman–Crippen MR) is 60.8 cm³/mol. The number of aliphatic carboxylic acids is 1. The van der Waals surface area contributed by atoms with Crippen molar-refractivity contribution in [2.24, 2.45) is 0 Å². The number of carboxylic acids is 1. The highest BCUT2D eigenvalue weighted by Crippen LogP contribution is 2.37. The van der Waals surface area contributed by atoms with Crippen molar-refractivity contribution >= 4 is 5.97 Å². The van der Waals surface area contributed by atoms with Gasteiger partial charge in [0.05, 0.1) is 0 Å². The maximum Gasteiger partial charge on any atom is 0.431 e. The number of nitrogens with zero attached hydrogens (tertiary/aromatic N) is 2. The average Bonchev–Trinajstić information content (AvgIpc) is 2.73. The highest BCUT2D eigenvalue weighted by molar-refractivity contribution is 5.77. The first-order valence-electron chi connectivity index (χ1n) is 5.43. The lowest BCUT2D eigenvalue weighted by Crippen LogP contribution is -2.40. The van der Waals surface area contributed by atoms with E-state index >= 15 is 0 Å². The monoisotopic (exact) mass is 272 g/mol. The fraction of sp³-hybridized carbons (Fsp3) is 0.333. The molecule has 102 valence electrons. The topological polar surface area (TPSA) is 55.1 Å².